The summed E-state index contributed by atoms with van der Waals surface area (Å²) in [6, 6.07) is 2.42. The molecule has 108 valence electrons. The number of likely N-dealkylation sites (tertiary alicyclic amines) is 1. The molecule has 2 aliphatic rings. The summed E-state index contributed by atoms with van der Waals surface area (Å²) in [5.74, 6) is 0.145. The predicted octanol–water partition coefficient (Wildman–Crippen LogP) is 0.851. The molecule has 3 rings (SSSR count). The maximum atomic E-state index is 8.90. The van der Waals surface area contributed by atoms with E-state index in [2.05, 4.69) is 19.9 Å². The largest absolute Gasteiger partial charge is 0.409 e. The van der Waals surface area contributed by atoms with Crippen LogP contribution in [0.4, 0.5) is 5.69 Å². The smallest absolute Gasteiger partial charge is 0.172 e. The van der Waals surface area contributed by atoms with Crippen LogP contribution in [-0.2, 0) is 0 Å². The monoisotopic (exact) mass is 275 g/mol. The van der Waals surface area contributed by atoms with E-state index in [1.807, 2.05) is 0 Å². The van der Waals surface area contributed by atoms with Gasteiger partial charge in [-0.15, -0.1) is 0 Å². The van der Waals surface area contributed by atoms with Gasteiger partial charge in [-0.1, -0.05) is 5.16 Å². The first-order chi connectivity index (χ1) is 9.79. The number of nitrogens with two attached hydrogens (primary N) is 1. The molecule has 1 atom stereocenters. The van der Waals surface area contributed by atoms with E-state index in [0.717, 1.165) is 24.3 Å². The summed E-state index contributed by atoms with van der Waals surface area (Å²) in [6.07, 6.45) is 7.28. The molecule has 0 radical (unpaired) electrons. The maximum absolute atomic E-state index is 8.90. The summed E-state index contributed by atoms with van der Waals surface area (Å²) in [4.78, 5) is 9.06. The molecule has 6 nitrogen and oxygen atoms in total. The summed E-state index contributed by atoms with van der Waals surface area (Å²) in [5, 5.41) is 12.0. The molecule has 0 bridgehead atoms. The Bertz CT molecular complexity index is 498. The molecule has 3 heterocycles. The zero-order valence-electron chi connectivity index (χ0n) is 11.6. The summed E-state index contributed by atoms with van der Waals surface area (Å²) < 4.78 is 0. The van der Waals surface area contributed by atoms with Crippen molar-refractivity contribution in [3.05, 3.63) is 24.0 Å². The van der Waals surface area contributed by atoms with Crippen LogP contribution < -0.4 is 10.6 Å². The third kappa shape index (κ3) is 2.43. The van der Waals surface area contributed by atoms with Crippen molar-refractivity contribution in [2.75, 3.05) is 31.1 Å². The normalized spacial score (nSPS) is 24.5. The van der Waals surface area contributed by atoms with Crippen molar-refractivity contribution in [2.45, 2.75) is 25.3 Å². The fourth-order valence-corrected chi connectivity index (χ4v) is 3.27. The zero-order valence-corrected chi connectivity index (χ0v) is 11.6. The summed E-state index contributed by atoms with van der Waals surface area (Å²) in [6.45, 7) is 4.44. The molecular weight excluding hydrogens is 254 g/mol. The van der Waals surface area contributed by atoms with Gasteiger partial charge in [-0.05, 0) is 38.4 Å². The number of hydrogen-bond acceptors (Lipinski definition) is 5. The van der Waals surface area contributed by atoms with Gasteiger partial charge in [0.2, 0.25) is 0 Å². The second-order valence-electron chi connectivity index (χ2n) is 5.51. The summed E-state index contributed by atoms with van der Waals surface area (Å²) in [5.41, 5.74) is 7.47. The van der Waals surface area contributed by atoms with E-state index >= 15 is 0 Å². The van der Waals surface area contributed by atoms with Gasteiger partial charge in [-0.3, -0.25) is 9.88 Å². The second-order valence-corrected chi connectivity index (χ2v) is 5.51. The van der Waals surface area contributed by atoms with Crippen LogP contribution in [0, 0.1) is 0 Å². The second kappa shape index (κ2) is 5.66. The van der Waals surface area contributed by atoms with Crippen LogP contribution in [0.25, 0.3) is 0 Å². The molecule has 1 aromatic heterocycles. The van der Waals surface area contributed by atoms with E-state index < -0.39 is 0 Å². The zero-order chi connectivity index (χ0) is 13.9. The lowest BCUT2D eigenvalue weighted by molar-refractivity contribution is 0.260. The highest BCUT2D eigenvalue weighted by molar-refractivity contribution is 6.02. The molecule has 0 amide bonds. The molecule has 1 unspecified atom stereocenters. The molecule has 0 aliphatic carbocycles. The Hall–Kier alpha value is -1.82. The minimum atomic E-state index is 0.145. The lowest BCUT2D eigenvalue weighted by Gasteiger charge is -2.25. The summed E-state index contributed by atoms with van der Waals surface area (Å²) in [7, 11) is 0. The first-order valence-corrected chi connectivity index (χ1v) is 7.20. The Morgan fingerprint density at radius 2 is 2.15 bits per heavy atom. The van der Waals surface area contributed by atoms with Crippen molar-refractivity contribution in [3.63, 3.8) is 0 Å². The van der Waals surface area contributed by atoms with Crippen LogP contribution in [0.15, 0.2) is 23.6 Å². The van der Waals surface area contributed by atoms with Gasteiger partial charge in [0.15, 0.2) is 5.84 Å². The Morgan fingerprint density at radius 3 is 2.90 bits per heavy atom. The number of aromatic nitrogens is 1. The van der Waals surface area contributed by atoms with Gasteiger partial charge in [-0.2, -0.15) is 0 Å². The molecular formula is C14H21N5O. The van der Waals surface area contributed by atoms with Crippen molar-refractivity contribution in [3.8, 4) is 0 Å². The molecule has 6 heteroatoms. The number of amidine groups is 1. The number of oxime groups is 1. The number of rotatable bonds is 3. The highest BCUT2D eigenvalue weighted by Gasteiger charge is 2.30. The Kier molecular flexibility index (Phi) is 3.73. The molecule has 0 spiro atoms. The standard InChI is InChI=1S/C14H21N5O/c15-14(17-20)12-3-5-16-9-13(12)19-8-4-11(10-19)18-6-1-2-7-18/h3,5,9,11,20H,1-2,4,6-8,10H2,(H2,15,17). The average Bonchev–Trinajstić information content (AvgIpc) is 3.17. The minimum absolute atomic E-state index is 0.145. The molecule has 2 fully saturated rings. The van der Waals surface area contributed by atoms with Crippen LogP contribution in [0.5, 0.6) is 0 Å². The topological polar surface area (TPSA) is 78.0 Å². The van der Waals surface area contributed by atoms with Gasteiger partial charge in [-0.25, -0.2) is 0 Å². The average molecular weight is 275 g/mol. The highest BCUT2D eigenvalue weighted by Crippen LogP contribution is 2.27. The van der Waals surface area contributed by atoms with Gasteiger partial charge >= 0.3 is 0 Å². The van der Waals surface area contributed by atoms with Crippen molar-refractivity contribution >= 4 is 11.5 Å². The van der Waals surface area contributed by atoms with Gasteiger partial charge in [0.25, 0.3) is 0 Å². The Morgan fingerprint density at radius 1 is 1.35 bits per heavy atom. The SMILES string of the molecule is N/C(=N/O)c1ccncc1N1CCC(N2CCCC2)C1. The first-order valence-electron chi connectivity index (χ1n) is 7.20. The Balaban J connectivity index is 1.77. The van der Waals surface area contributed by atoms with Gasteiger partial charge in [0.1, 0.15) is 0 Å². The van der Waals surface area contributed by atoms with Crippen LogP contribution in [0.1, 0.15) is 24.8 Å². The van der Waals surface area contributed by atoms with Crippen LogP contribution in [-0.4, -0.2) is 53.1 Å². The van der Waals surface area contributed by atoms with E-state index in [0.29, 0.717) is 6.04 Å². The maximum Gasteiger partial charge on any atom is 0.172 e. The number of pyridine rings is 1. The fourth-order valence-electron chi connectivity index (χ4n) is 3.27. The fraction of sp³-hybridized carbons (Fsp3) is 0.571. The van der Waals surface area contributed by atoms with E-state index in [1.165, 1.54) is 32.4 Å². The van der Waals surface area contributed by atoms with E-state index in [-0.39, 0.29) is 5.84 Å². The van der Waals surface area contributed by atoms with Crippen LogP contribution in [0.2, 0.25) is 0 Å². The van der Waals surface area contributed by atoms with E-state index in [1.54, 1.807) is 18.5 Å². The molecule has 0 saturated carbocycles. The molecule has 1 aromatic rings. The van der Waals surface area contributed by atoms with Gasteiger partial charge in [0.05, 0.1) is 11.9 Å². The molecule has 0 aromatic carbocycles. The van der Waals surface area contributed by atoms with Gasteiger partial charge < -0.3 is 15.8 Å². The quantitative estimate of drug-likeness (QED) is 0.370. The van der Waals surface area contributed by atoms with Crippen molar-refractivity contribution in [1.82, 2.24) is 9.88 Å². The third-order valence-corrected chi connectivity index (χ3v) is 4.34. The van der Waals surface area contributed by atoms with Crippen LogP contribution in [0.3, 0.4) is 0 Å². The van der Waals surface area contributed by atoms with E-state index in [9.17, 15) is 0 Å². The molecule has 20 heavy (non-hydrogen) atoms. The van der Waals surface area contributed by atoms with Crippen LogP contribution >= 0.6 is 0 Å². The summed E-state index contributed by atoms with van der Waals surface area (Å²) >= 11 is 0. The number of hydrogen-bond donors (Lipinski definition) is 2. The third-order valence-electron chi connectivity index (χ3n) is 4.34. The Labute approximate surface area is 118 Å². The lowest BCUT2D eigenvalue weighted by Crippen LogP contribution is -2.35. The first kappa shape index (κ1) is 13.2. The van der Waals surface area contributed by atoms with Crippen molar-refractivity contribution in [2.24, 2.45) is 10.9 Å². The van der Waals surface area contributed by atoms with Gasteiger partial charge in [0, 0.05) is 30.9 Å². The minimum Gasteiger partial charge on any atom is -0.409 e. The molecule has 2 aliphatic heterocycles. The van der Waals surface area contributed by atoms with E-state index in [4.69, 9.17) is 10.9 Å². The predicted molar refractivity (Wildman–Crippen MR) is 78.2 cm³/mol. The lowest BCUT2D eigenvalue weighted by atomic mass is 10.2. The highest BCUT2D eigenvalue weighted by atomic mass is 16.4. The van der Waals surface area contributed by atoms with Crippen molar-refractivity contribution < 1.29 is 5.21 Å². The molecule has 3 N–H and O–H groups in total. The van der Waals surface area contributed by atoms with Crippen molar-refractivity contribution in [1.29, 1.82) is 0 Å². The number of anilines is 1. The molecule has 2 saturated heterocycles. The number of nitrogens with zero attached hydrogens (tertiary/aromatic N) is 4.